The van der Waals surface area contributed by atoms with E-state index in [0.717, 1.165) is 33.9 Å². The van der Waals surface area contributed by atoms with Crippen LogP contribution in [0.1, 0.15) is 37.6 Å². The summed E-state index contributed by atoms with van der Waals surface area (Å²) in [4.78, 5) is 16.1. The average Bonchev–Trinajstić information content (AvgIpc) is 3.24. The molecule has 0 bridgehead atoms. The second-order valence-corrected chi connectivity index (χ2v) is 11.0. The van der Waals surface area contributed by atoms with Gasteiger partial charge in [-0.2, -0.15) is 0 Å². The molecule has 150 valence electrons. The molecular weight excluding hydrogens is 424 g/mol. The van der Waals surface area contributed by atoms with Gasteiger partial charge in [0.2, 0.25) is 5.78 Å². The Hall–Kier alpha value is -1.83. The molecule has 0 fully saturated rings. The van der Waals surface area contributed by atoms with Gasteiger partial charge < -0.3 is 0 Å². The van der Waals surface area contributed by atoms with E-state index < -0.39 is 0 Å². The van der Waals surface area contributed by atoms with Crippen LogP contribution < -0.4 is 5.56 Å². The third-order valence-electron chi connectivity index (χ3n) is 5.35. The Kier molecular flexibility index (Phi) is 4.72. The normalized spacial score (nSPS) is 16.8. The number of rotatable bonds is 3. The molecule has 0 N–H and O–H groups in total. The summed E-state index contributed by atoms with van der Waals surface area (Å²) in [5.74, 6) is 1.14. The number of nitrogens with zero attached hydrogens (tertiary/aromatic N) is 4. The van der Waals surface area contributed by atoms with Crippen molar-refractivity contribution in [2.24, 2.45) is 5.92 Å². The van der Waals surface area contributed by atoms with Crippen molar-refractivity contribution < 1.29 is 0 Å². The molecule has 0 unspecified atom stereocenters. The quantitative estimate of drug-likeness (QED) is 0.398. The van der Waals surface area contributed by atoms with E-state index in [1.165, 1.54) is 16.9 Å². The summed E-state index contributed by atoms with van der Waals surface area (Å²) in [6.07, 6.45) is 3.15. The van der Waals surface area contributed by atoms with Crippen molar-refractivity contribution in [1.82, 2.24) is 19.2 Å². The Morgan fingerprint density at radius 2 is 2.00 bits per heavy atom. The number of hydrogen-bond donors (Lipinski definition) is 0. The first-order chi connectivity index (χ1) is 13.9. The Balaban J connectivity index is 1.92. The largest absolute Gasteiger partial charge is 0.268 e. The van der Waals surface area contributed by atoms with Crippen molar-refractivity contribution >= 4 is 50.7 Å². The summed E-state index contributed by atoms with van der Waals surface area (Å²) < 4.78 is 3.76. The van der Waals surface area contributed by atoms with Crippen LogP contribution in [0.25, 0.3) is 21.7 Å². The van der Waals surface area contributed by atoms with E-state index in [2.05, 4.69) is 35.4 Å². The van der Waals surface area contributed by atoms with E-state index in [4.69, 9.17) is 11.6 Å². The highest BCUT2D eigenvalue weighted by Gasteiger charge is 2.27. The van der Waals surface area contributed by atoms with Crippen LogP contribution in [0.4, 0.5) is 0 Å². The van der Waals surface area contributed by atoms with Gasteiger partial charge in [0.25, 0.3) is 5.56 Å². The minimum absolute atomic E-state index is 0.0186. The third-order valence-corrected chi connectivity index (χ3v) is 7.83. The maximum atomic E-state index is 13.7. The number of hydrogen-bond acceptors (Lipinski definition) is 5. The fourth-order valence-electron chi connectivity index (χ4n) is 4.02. The molecule has 3 heterocycles. The molecule has 0 aliphatic heterocycles. The Morgan fingerprint density at radius 1 is 1.24 bits per heavy atom. The van der Waals surface area contributed by atoms with Gasteiger partial charge >= 0.3 is 0 Å². The highest BCUT2D eigenvalue weighted by molar-refractivity contribution is 7.99. The second kappa shape index (κ2) is 7.15. The highest BCUT2D eigenvalue weighted by Crippen LogP contribution is 2.38. The van der Waals surface area contributed by atoms with Gasteiger partial charge in [-0.15, -0.1) is 21.5 Å². The van der Waals surface area contributed by atoms with E-state index in [1.807, 2.05) is 12.1 Å². The van der Waals surface area contributed by atoms with Crippen molar-refractivity contribution in [3.8, 4) is 5.69 Å². The summed E-state index contributed by atoms with van der Waals surface area (Å²) in [6.45, 7) is 6.54. The maximum absolute atomic E-state index is 13.7. The minimum atomic E-state index is -0.0186. The van der Waals surface area contributed by atoms with Crippen LogP contribution >= 0.6 is 34.7 Å². The summed E-state index contributed by atoms with van der Waals surface area (Å²) in [5, 5.41) is 11.5. The summed E-state index contributed by atoms with van der Waals surface area (Å²) >= 11 is 9.49. The molecule has 0 spiro atoms. The van der Waals surface area contributed by atoms with Crippen LogP contribution in [0.2, 0.25) is 5.02 Å². The van der Waals surface area contributed by atoms with Crippen molar-refractivity contribution in [2.45, 2.75) is 50.4 Å². The van der Waals surface area contributed by atoms with Crippen molar-refractivity contribution in [3.63, 3.8) is 0 Å². The van der Waals surface area contributed by atoms with E-state index in [-0.39, 0.29) is 5.56 Å². The van der Waals surface area contributed by atoms with E-state index >= 15 is 0 Å². The SMILES string of the molecule is CC(C)Sc1nnc2n(-c3ccc(Cl)cc3)c(=O)c3c4c(sc3n12)CC[C@H](C)C4. The van der Waals surface area contributed by atoms with Crippen molar-refractivity contribution in [3.05, 3.63) is 50.1 Å². The zero-order chi connectivity index (χ0) is 20.3. The van der Waals surface area contributed by atoms with Gasteiger partial charge in [0.15, 0.2) is 5.16 Å². The molecule has 3 aromatic heterocycles. The van der Waals surface area contributed by atoms with Crippen molar-refractivity contribution in [1.29, 1.82) is 0 Å². The maximum Gasteiger partial charge on any atom is 0.268 e. The molecular formula is C21H21ClN4OS2. The zero-order valence-electron chi connectivity index (χ0n) is 16.5. The predicted octanol–water partition coefficient (Wildman–Crippen LogP) is 5.37. The van der Waals surface area contributed by atoms with Gasteiger partial charge in [-0.3, -0.25) is 4.79 Å². The molecule has 0 amide bonds. The van der Waals surface area contributed by atoms with Crippen LogP contribution in [0.15, 0.2) is 34.2 Å². The lowest BCUT2D eigenvalue weighted by molar-refractivity contribution is 0.508. The minimum Gasteiger partial charge on any atom is -0.268 e. The number of aryl methyl sites for hydroxylation is 1. The number of halogens is 1. The fourth-order valence-corrected chi connectivity index (χ4v) is 6.32. The molecule has 0 radical (unpaired) electrons. The fraction of sp³-hybridized carbons (Fsp3) is 0.381. The van der Waals surface area contributed by atoms with Crippen LogP contribution in [0, 0.1) is 5.92 Å². The molecule has 8 heteroatoms. The van der Waals surface area contributed by atoms with Crippen LogP contribution in [-0.4, -0.2) is 24.4 Å². The smallest absolute Gasteiger partial charge is 0.268 e. The summed E-state index contributed by atoms with van der Waals surface area (Å²) in [7, 11) is 0. The monoisotopic (exact) mass is 444 g/mol. The second-order valence-electron chi connectivity index (χ2n) is 7.93. The van der Waals surface area contributed by atoms with Gasteiger partial charge in [0.1, 0.15) is 4.83 Å². The third kappa shape index (κ3) is 3.10. The van der Waals surface area contributed by atoms with Gasteiger partial charge in [-0.25, -0.2) is 8.97 Å². The lowest BCUT2D eigenvalue weighted by Crippen LogP contribution is -2.22. The number of thiophene rings is 1. The lowest BCUT2D eigenvalue weighted by atomic mass is 9.89. The first kappa shape index (κ1) is 19.2. The standard InChI is InChI=1S/C21H21ClN4OS2/c1-11(2)28-21-24-23-20-25(14-7-5-13(22)6-8-14)18(27)17-15-10-12(3)4-9-16(15)29-19(17)26(20)21/h5-8,11-12H,4,9-10H2,1-3H3/t12-/m0/s1. The Morgan fingerprint density at radius 3 is 2.72 bits per heavy atom. The molecule has 0 saturated heterocycles. The van der Waals surface area contributed by atoms with E-state index in [1.54, 1.807) is 39.8 Å². The van der Waals surface area contributed by atoms with Crippen LogP contribution in [0.5, 0.6) is 0 Å². The molecule has 1 aliphatic rings. The first-order valence-corrected chi connectivity index (χ1v) is 11.9. The van der Waals surface area contributed by atoms with E-state index in [9.17, 15) is 4.79 Å². The Labute approximate surface area is 181 Å². The molecule has 4 aromatic rings. The number of fused-ring (bicyclic) bond motifs is 5. The molecule has 5 nitrogen and oxygen atoms in total. The molecule has 5 rings (SSSR count). The topological polar surface area (TPSA) is 52.2 Å². The molecule has 1 aliphatic carbocycles. The first-order valence-electron chi connectivity index (χ1n) is 9.81. The summed E-state index contributed by atoms with van der Waals surface area (Å²) in [5.41, 5.74) is 1.95. The van der Waals surface area contributed by atoms with Gasteiger partial charge in [0, 0.05) is 15.1 Å². The number of benzene rings is 1. The highest BCUT2D eigenvalue weighted by atomic mass is 35.5. The lowest BCUT2D eigenvalue weighted by Gasteiger charge is -2.18. The number of thioether (sulfide) groups is 1. The predicted molar refractivity (Wildman–Crippen MR) is 121 cm³/mol. The van der Waals surface area contributed by atoms with Crippen LogP contribution in [0.3, 0.4) is 0 Å². The van der Waals surface area contributed by atoms with E-state index in [0.29, 0.717) is 22.0 Å². The summed E-state index contributed by atoms with van der Waals surface area (Å²) in [6, 6.07) is 7.33. The Bertz CT molecular complexity index is 1290. The molecule has 1 atom stereocenters. The van der Waals surface area contributed by atoms with Gasteiger partial charge in [0.05, 0.1) is 11.1 Å². The van der Waals surface area contributed by atoms with Crippen molar-refractivity contribution in [2.75, 3.05) is 0 Å². The average molecular weight is 445 g/mol. The molecule has 1 aromatic carbocycles. The zero-order valence-corrected chi connectivity index (χ0v) is 18.9. The number of aromatic nitrogens is 4. The van der Waals surface area contributed by atoms with Gasteiger partial charge in [-0.05, 0) is 55.0 Å². The van der Waals surface area contributed by atoms with Crippen LogP contribution in [-0.2, 0) is 12.8 Å². The molecule has 29 heavy (non-hydrogen) atoms. The molecule has 0 saturated carbocycles. The van der Waals surface area contributed by atoms with Gasteiger partial charge in [-0.1, -0.05) is 44.1 Å².